The van der Waals surface area contributed by atoms with E-state index < -0.39 is 77.4 Å². The second kappa shape index (κ2) is 10.1. The second-order valence-electron chi connectivity index (χ2n) is 10.1. The van der Waals surface area contributed by atoms with Gasteiger partial charge in [-0.05, 0) is 13.0 Å². The predicted octanol–water partition coefficient (Wildman–Crippen LogP) is 1.44. The Morgan fingerprint density at radius 1 is 1.18 bits per heavy atom. The van der Waals surface area contributed by atoms with E-state index >= 15 is 0 Å². The van der Waals surface area contributed by atoms with Crippen molar-refractivity contribution in [1.82, 2.24) is 0 Å². The number of aliphatic hydroxyl groups is 2. The van der Waals surface area contributed by atoms with Gasteiger partial charge in [-0.3, -0.25) is 14.4 Å². The Hall–Kier alpha value is -2.62. The number of Topliss-reactive ketones (excluding diaryl/α,β-unsaturated/α-hetero) is 1. The van der Waals surface area contributed by atoms with Gasteiger partial charge in [0.1, 0.15) is 29.5 Å². The summed E-state index contributed by atoms with van der Waals surface area (Å²) in [4.78, 5) is 39.8. The van der Waals surface area contributed by atoms with Crippen molar-refractivity contribution in [2.45, 2.75) is 60.3 Å². The lowest BCUT2D eigenvalue weighted by molar-refractivity contribution is -0.222. The zero-order valence-electron chi connectivity index (χ0n) is 21.1. The summed E-state index contributed by atoms with van der Waals surface area (Å²) >= 11 is 2.18. The van der Waals surface area contributed by atoms with E-state index in [0.29, 0.717) is 0 Å². The van der Waals surface area contributed by atoms with E-state index in [1.165, 1.54) is 25.3 Å². The fourth-order valence-electron chi connectivity index (χ4n) is 5.74. The Labute approximate surface area is 237 Å². The molecule has 0 radical (unpaired) electrons. The maximum absolute atomic E-state index is 13.7. The van der Waals surface area contributed by atoms with Crippen LogP contribution in [0.5, 0.6) is 17.2 Å². The Balaban J connectivity index is 1.69. The van der Waals surface area contributed by atoms with Crippen LogP contribution in [0.25, 0.3) is 0 Å². The van der Waals surface area contributed by atoms with Crippen molar-refractivity contribution in [2.75, 3.05) is 13.7 Å². The number of rotatable bonds is 5. The maximum atomic E-state index is 13.7. The molecule has 0 saturated carbocycles. The SMILES string of the molecule is COc1cccc2c1C(=O)c1c(O)c3c(c(O)c1C2=O)C[C@@](O)(C(=O)CO)C[C@@H]3O[C@@H]1C[C@@H](N)[C@@H](I)[C@@H](C)O1. The van der Waals surface area contributed by atoms with Gasteiger partial charge in [-0.2, -0.15) is 0 Å². The first-order chi connectivity index (χ1) is 18.4. The summed E-state index contributed by atoms with van der Waals surface area (Å²) in [5, 5.41) is 43.7. The number of carbonyl (C=O) groups is 3. The van der Waals surface area contributed by atoms with Crippen LogP contribution in [0, 0.1) is 0 Å². The normalized spacial score (nSPS) is 29.8. The average molecular weight is 653 g/mol. The molecule has 2 aromatic rings. The van der Waals surface area contributed by atoms with Gasteiger partial charge in [0, 0.05) is 42.0 Å². The number of carbonyl (C=O) groups excluding carboxylic acids is 3. The van der Waals surface area contributed by atoms with Crippen LogP contribution < -0.4 is 10.5 Å². The Kier molecular flexibility index (Phi) is 7.23. The van der Waals surface area contributed by atoms with Gasteiger partial charge < -0.3 is 40.4 Å². The molecule has 2 aromatic carbocycles. The van der Waals surface area contributed by atoms with Crippen molar-refractivity contribution >= 4 is 39.9 Å². The molecule has 0 bridgehead atoms. The highest BCUT2D eigenvalue weighted by molar-refractivity contribution is 14.1. The van der Waals surface area contributed by atoms with Crippen molar-refractivity contribution in [2.24, 2.45) is 5.73 Å². The molecular weight excluding hydrogens is 625 g/mol. The molecule has 1 saturated heterocycles. The first-order valence-electron chi connectivity index (χ1n) is 12.4. The lowest BCUT2D eigenvalue weighted by Gasteiger charge is -2.42. The van der Waals surface area contributed by atoms with E-state index in [-0.39, 0.29) is 50.5 Å². The number of alkyl halides is 1. The highest BCUT2D eigenvalue weighted by Gasteiger charge is 2.50. The Morgan fingerprint density at radius 3 is 2.51 bits per heavy atom. The molecule has 1 aliphatic heterocycles. The minimum atomic E-state index is -2.19. The zero-order chi connectivity index (χ0) is 28.4. The van der Waals surface area contributed by atoms with E-state index in [4.69, 9.17) is 19.9 Å². The summed E-state index contributed by atoms with van der Waals surface area (Å²) in [5.41, 5.74) is 2.89. The number of ketones is 3. The van der Waals surface area contributed by atoms with Crippen LogP contribution in [0.1, 0.15) is 68.8 Å². The van der Waals surface area contributed by atoms with Gasteiger partial charge in [0.25, 0.3) is 0 Å². The Morgan fingerprint density at radius 2 is 1.87 bits per heavy atom. The number of phenolic OH excluding ortho intramolecular Hbond substituents is 2. The van der Waals surface area contributed by atoms with Crippen LogP contribution in [0.3, 0.4) is 0 Å². The van der Waals surface area contributed by atoms with E-state index in [0.717, 1.165) is 0 Å². The molecule has 5 rings (SSSR count). The molecule has 6 N–H and O–H groups in total. The molecule has 2 aliphatic carbocycles. The summed E-state index contributed by atoms with van der Waals surface area (Å²) in [5.74, 6) is -3.57. The summed E-state index contributed by atoms with van der Waals surface area (Å²) in [6, 6.07) is 4.12. The van der Waals surface area contributed by atoms with Crippen LogP contribution in [0.4, 0.5) is 0 Å². The van der Waals surface area contributed by atoms with Crippen molar-refractivity contribution in [3.8, 4) is 17.2 Å². The minimum absolute atomic E-state index is 0.00265. The van der Waals surface area contributed by atoms with Gasteiger partial charge in [-0.25, -0.2) is 0 Å². The number of nitrogens with two attached hydrogens (primary N) is 1. The van der Waals surface area contributed by atoms with Gasteiger partial charge in [0.15, 0.2) is 17.9 Å². The highest BCUT2D eigenvalue weighted by atomic mass is 127. The Bertz CT molecular complexity index is 1380. The molecular formula is C27H28INO10. The number of hydrogen-bond acceptors (Lipinski definition) is 11. The largest absolute Gasteiger partial charge is 0.507 e. The molecule has 3 aliphatic rings. The smallest absolute Gasteiger partial charge is 0.202 e. The molecule has 1 heterocycles. The van der Waals surface area contributed by atoms with Gasteiger partial charge in [0.05, 0.1) is 39.9 Å². The van der Waals surface area contributed by atoms with E-state index in [9.17, 15) is 34.8 Å². The molecule has 0 spiro atoms. The quantitative estimate of drug-likeness (QED) is 0.153. The third-order valence-electron chi connectivity index (χ3n) is 7.74. The lowest BCUT2D eigenvalue weighted by atomic mass is 9.72. The topological polar surface area (TPSA) is 186 Å². The molecule has 12 heteroatoms. The molecule has 0 unspecified atom stereocenters. The van der Waals surface area contributed by atoms with E-state index in [1.54, 1.807) is 0 Å². The van der Waals surface area contributed by atoms with Gasteiger partial charge in [-0.1, -0.05) is 34.7 Å². The standard InChI is InChI=1S/C27H28INO10/c1-10-22(28)13(29)6-17(38-10)39-15-8-27(36,16(31)9-30)7-12-19(15)26(35)21-20(24(12)33)23(32)11-4-3-5-14(37-2)18(11)25(21)34/h3-5,10,13,15,17,22,30,33,35-36H,6-9,29H2,1-2H3/t10-,13-,15+,17-,22+,27+/m1/s1. The fraction of sp³-hybridized carbons (Fsp3) is 0.444. The van der Waals surface area contributed by atoms with Crippen molar-refractivity contribution in [1.29, 1.82) is 0 Å². The predicted molar refractivity (Wildman–Crippen MR) is 144 cm³/mol. The lowest BCUT2D eigenvalue weighted by Crippen LogP contribution is -2.51. The molecule has 0 aromatic heterocycles. The van der Waals surface area contributed by atoms with Crippen LogP contribution >= 0.6 is 22.6 Å². The summed E-state index contributed by atoms with van der Waals surface area (Å²) in [7, 11) is 1.34. The number of hydrogen-bond donors (Lipinski definition) is 5. The van der Waals surface area contributed by atoms with Crippen LogP contribution in [0.15, 0.2) is 18.2 Å². The molecule has 11 nitrogen and oxygen atoms in total. The fourth-order valence-corrected chi connectivity index (χ4v) is 6.20. The van der Waals surface area contributed by atoms with Crippen molar-refractivity contribution < 1.29 is 49.0 Å². The van der Waals surface area contributed by atoms with E-state index in [1.807, 2.05) is 6.92 Å². The zero-order valence-corrected chi connectivity index (χ0v) is 23.3. The third kappa shape index (κ3) is 4.33. The number of halogens is 1. The van der Waals surface area contributed by atoms with Gasteiger partial charge in [0.2, 0.25) is 5.78 Å². The maximum Gasteiger partial charge on any atom is 0.202 e. The third-order valence-corrected chi connectivity index (χ3v) is 9.68. The van der Waals surface area contributed by atoms with Crippen LogP contribution in [-0.2, 0) is 20.7 Å². The van der Waals surface area contributed by atoms with Gasteiger partial charge >= 0.3 is 0 Å². The molecule has 0 amide bonds. The molecule has 1 fully saturated rings. The molecule has 39 heavy (non-hydrogen) atoms. The molecule has 208 valence electrons. The van der Waals surface area contributed by atoms with Crippen LogP contribution in [0.2, 0.25) is 0 Å². The number of benzene rings is 2. The van der Waals surface area contributed by atoms with Crippen molar-refractivity contribution in [3.63, 3.8) is 0 Å². The average Bonchev–Trinajstić information content (AvgIpc) is 2.90. The number of aliphatic hydroxyl groups excluding tert-OH is 1. The first kappa shape index (κ1) is 27.9. The van der Waals surface area contributed by atoms with E-state index in [2.05, 4.69) is 22.6 Å². The number of fused-ring (bicyclic) bond motifs is 3. The highest BCUT2D eigenvalue weighted by Crippen LogP contribution is 2.52. The molecule has 6 atom stereocenters. The van der Waals surface area contributed by atoms with Crippen molar-refractivity contribution in [3.05, 3.63) is 51.6 Å². The minimum Gasteiger partial charge on any atom is -0.507 e. The number of aromatic hydroxyl groups is 2. The first-order valence-corrected chi connectivity index (χ1v) is 13.6. The summed E-state index contributed by atoms with van der Waals surface area (Å²) in [6.45, 7) is 0.834. The summed E-state index contributed by atoms with van der Waals surface area (Å²) in [6.07, 6.45) is -3.14. The summed E-state index contributed by atoms with van der Waals surface area (Å²) < 4.78 is 17.4. The second-order valence-corrected chi connectivity index (χ2v) is 11.6. The monoisotopic (exact) mass is 653 g/mol. The van der Waals surface area contributed by atoms with Gasteiger partial charge in [-0.15, -0.1) is 0 Å². The number of phenols is 2. The number of ether oxygens (including phenoxy) is 3. The van der Waals surface area contributed by atoms with Crippen LogP contribution in [-0.4, -0.2) is 79.5 Å². The number of methoxy groups -OCH3 is 1.